The van der Waals surface area contributed by atoms with Gasteiger partial charge in [-0.2, -0.15) is 0 Å². The average molecular weight is 1320 g/mol. The first-order valence-corrected chi connectivity index (χ1v) is 33.7. The molecular formula is C67H122N12O14. The van der Waals surface area contributed by atoms with Crippen LogP contribution >= 0.6 is 0 Å². The van der Waals surface area contributed by atoms with E-state index >= 15 is 14.4 Å². The van der Waals surface area contributed by atoms with Gasteiger partial charge in [0.2, 0.25) is 53.2 Å². The maximum absolute atomic E-state index is 15.3. The quantitative estimate of drug-likeness (QED) is 0.107. The van der Waals surface area contributed by atoms with Crippen LogP contribution in [0.1, 0.15) is 156 Å². The van der Waals surface area contributed by atoms with E-state index in [9.17, 15) is 48.6 Å². The second-order valence-electron chi connectivity index (χ2n) is 29.4. The molecule has 0 saturated carbocycles. The minimum absolute atomic E-state index is 0.0827. The van der Waals surface area contributed by atoms with Crippen molar-refractivity contribution in [1.82, 2.24) is 60.5 Å². The maximum atomic E-state index is 15.3. The number of piperazine rings is 1. The molecular weight excluding hydrogens is 1200 g/mol. The number of carbonyl (C=O) groups excluding carboxylic acids is 11. The van der Waals surface area contributed by atoms with E-state index in [1.807, 2.05) is 76.3 Å². The zero-order valence-corrected chi connectivity index (χ0v) is 60.9. The SMILES string of the molecule is CC(C)C[C@@H]1C(=O)N[C@H](CC(C)C)C(=O)N(C)[C@H](C(C)C)C(=O)N(C)[C@H]([C@H](O)[C@H](C)CCN2CCN(C)CC2)C(=O)N[C@H]([C@@H](C)O)C(=O)N(C)CC(=O)N(C)[C@@H](CC(C)C)C(=O)N[C@H](CC(C)C)C(=O)N(C)[C@H](CC(C)C)C(=O)N[C@H](C)C(=O)O[C@@H](C(C)C)C(=O)N1C. The van der Waals surface area contributed by atoms with Crippen molar-refractivity contribution >= 4 is 65.0 Å². The van der Waals surface area contributed by atoms with Crippen LogP contribution in [0.25, 0.3) is 0 Å². The number of hydrogen-bond acceptors (Lipinski definition) is 16. The van der Waals surface area contributed by atoms with Gasteiger partial charge in [-0.1, -0.05) is 104 Å². The Morgan fingerprint density at radius 2 is 0.860 bits per heavy atom. The Kier molecular flexibility index (Phi) is 33.9. The third-order valence-corrected chi connectivity index (χ3v) is 17.8. The molecule has 0 aromatic rings. The standard InChI is InChI=1S/C67H122N12O14/c1-37(2)31-47-62(87)75(21)50(34-40(7)8)58(83)68-45(16)67(92)93-57(43(13)14)66(91)76(22)51(35-41(9)10)60(85)70-48(32-38(3)4)63(88)77(23)54(42(11)12)65(90)78(24)55(56(82)44(15)25-26-79-29-27-72(18)28-30-79)61(86)71-53(46(17)80)64(89)73(19)36-52(81)74(20)49(33-39(5)6)59(84)69-47/h37-51,53-57,80,82H,25-36H2,1-24H3,(H,68,83)(H,69,84)(H,70,85)(H,71,86)/t44-,45-,46-,47-,48-,49+,50-,51-,53-,54-,55-,56-,57+/m1/s1. The molecule has 2 aliphatic rings. The Hall–Kier alpha value is -5.99. The van der Waals surface area contributed by atoms with E-state index < -0.39 is 162 Å². The fourth-order valence-corrected chi connectivity index (χ4v) is 12.0. The van der Waals surface area contributed by atoms with Crippen molar-refractivity contribution in [3.8, 4) is 0 Å². The summed E-state index contributed by atoms with van der Waals surface area (Å²) in [4.78, 5) is 173. The molecule has 0 radical (unpaired) electrons. The lowest BCUT2D eigenvalue weighted by atomic mass is 9.91. The van der Waals surface area contributed by atoms with Gasteiger partial charge in [-0.3, -0.25) is 47.9 Å². The van der Waals surface area contributed by atoms with Gasteiger partial charge in [0.05, 0.1) is 18.8 Å². The number of aliphatic hydroxyl groups is 2. The van der Waals surface area contributed by atoms with E-state index in [0.29, 0.717) is 13.0 Å². The van der Waals surface area contributed by atoms with Gasteiger partial charge >= 0.3 is 5.97 Å². The Labute approximate surface area is 556 Å². The number of esters is 1. The van der Waals surface area contributed by atoms with Crippen molar-refractivity contribution in [2.75, 3.05) is 88.6 Å². The number of hydrogen-bond donors (Lipinski definition) is 6. The molecule has 0 unspecified atom stereocenters. The van der Waals surface area contributed by atoms with E-state index in [1.54, 1.807) is 34.6 Å². The summed E-state index contributed by atoms with van der Waals surface area (Å²) in [6.07, 6.45) is -3.73. The van der Waals surface area contributed by atoms with Crippen LogP contribution < -0.4 is 21.3 Å². The fourth-order valence-electron chi connectivity index (χ4n) is 12.0. The molecule has 93 heavy (non-hydrogen) atoms. The highest BCUT2D eigenvalue weighted by atomic mass is 16.6. The van der Waals surface area contributed by atoms with Gasteiger partial charge in [-0.15, -0.1) is 0 Å². The van der Waals surface area contributed by atoms with Crippen molar-refractivity contribution in [2.24, 2.45) is 47.3 Å². The number of rotatable bonds is 18. The van der Waals surface area contributed by atoms with Crippen LogP contribution in [-0.2, 0) is 57.5 Å². The summed E-state index contributed by atoms with van der Waals surface area (Å²) in [6, 6.07) is -12.2. The molecule has 2 aliphatic heterocycles. The zero-order chi connectivity index (χ0) is 71.5. The molecule has 2 rings (SSSR count). The normalized spacial score (nSPS) is 27.3. The van der Waals surface area contributed by atoms with Crippen LogP contribution in [0.5, 0.6) is 0 Å². The molecule has 26 nitrogen and oxygen atoms in total. The lowest BCUT2D eigenvalue weighted by Crippen LogP contribution is -2.64. The molecule has 10 amide bonds. The van der Waals surface area contributed by atoms with Crippen molar-refractivity contribution in [1.29, 1.82) is 0 Å². The number of nitrogens with zero attached hydrogens (tertiary/aromatic N) is 8. The van der Waals surface area contributed by atoms with Crippen LogP contribution in [0.3, 0.4) is 0 Å². The van der Waals surface area contributed by atoms with Crippen LogP contribution in [0.4, 0.5) is 0 Å². The Balaban J connectivity index is 3.03. The molecule has 0 spiro atoms. The number of likely N-dealkylation sites (N-methyl/N-ethyl adjacent to an activating group) is 7. The molecule has 2 fully saturated rings. The van der Waals surface area contributed by atoms with Crippen molar-refractivity contribution in [3.63, 3.8) is 0 Å². The van der Waals surface area contributed by atoms with E-state index in [1.165, 1.54) is 70.8 Å². The van der Waals surface area contributed by atoms with Crippen LogP contribution in [0.2, 0.25) is 0 Å². The van der Waals surface area contributed by atoms with E-state index in [2.05, 4.69) is 31.1 Å². The summed E-state index contributed by atoms with van der Waals surface area (Å²) in [5, 5.41) is 34.8. The second-order valence-corrected chi connectivity index (χ2v) is 29.4. The first kappa shape index (κ1) is 83.1. The predicted octanol–water partition coefficient (Wildman–Crippen LogP) is 2.02. The first-order chi connectivity index (χ1) is 43.0. The van der Waals surface area contributed by atoms with Gasteiger partial charge in [0.25, 0.3) is 5.91 Å². The number of cyclic esters (lactones) is 1. The van der Waals surface area contributed by atoms with Gasteiger partial charge in [-0.25, -0.2) is 4.79 Å². The third kappa shape index (κ3) is 24.6. The van der Waals surface area contributed by atoms with E-state index in [4.69, 9.17) is 4.74 Å². The molecule has 6 N–H and O–H groups in total. The molecule has 534 valence electrons. The Morgan fingerprint density at radius 3 is 1.28 bits per heavy atom. The first-order valence-electron chi connectivity index (χ1n) is 33.7. The predicted molar refractivity (Wildman–Crippen MR) is 356 cm³/mol. The minimum atomic E-state index is -1.75. The molecule has 0 aliphatic carbocycles. The van der Waals surface area contributed by atoms with Crippen LogP contribution in [-0.4, -0.2) is 276 Å². The van der Waals surface area contributed by atoms with E-state index in [-0.39, 0.29) is 61.7 Å². The van der Waals surface area contributed by atoms with Crippen molar-refractivity contribution in [2.45, 2.75) is 229 Å². The lowest BCUT2D eigenvalue weighted by molar-refractivity contribution is -0.166. The Morgan fingerprint density at radius 1 is 0.452 bits per heavy atom. The summed E-state index contributed by atoms with van der Waals surface area (Å²) < 4.78 is 5.92. The highest BCUT2D eigenvalue weighted by Gasteiger charge is 2.46. The highest BCUT2D eigenvalue weighted by Crippen LogP contribution is 2.25. The molecule has 26 heteroatoms. The molecule has 0 aromatic carbocycles. The summed E-state index contributed by atoms with van der Waals surface area (Å²) >= 11 is 0. The second kappa shape index (κ2) is 37.9. The molecule has 2 heterocycles. The van der Waals surface area contributed by atoms with Gasteiger partial charge in [0.15, 0.2) is 6.10 Å². The lowest BCUT2D eigenvalue weighted by Gasteiger charge is -2.40. The molecule has 0 bridgehead atoms. The van der Waals surface area contributed by atoms with Gasteiger partial charge in [-0.05, 0) is 113 Å². The van der Waals surface area contributed by atoms with Gasteiger partial charge < -0.3 is 75.4 Å². The van der Waals surface area contributed by atoms with Gasteiger partial charge in [0.1, 0.15) is 54.4 Å². The fraction of sp³-hybridized carbons (Fsp3) is 0.836. The zero-order valence-electron chi connectivity index (χ0n) is 60.9. The topological polar surface area (TPSA) is 312 Å². The minimum Gasteiger partial charge on any atom is -0.450 e. The number of amides is 10. The van der Waals surface area contributed by atoms with E-state index in [0.717, 1.165) is 40.9 Å². The maximum Gasteiger partial charge on any atom is 0.329 e. The molecule has 13 atom stereocenters. The summed E-state index contributed by atoms with van der Waals surface area (Å²) in [7, 11) is 10.2. The Bertz CT molecular complexity index is 2500. The number of aliphatic hydroxyl groups excluding tert-OH is 2. The number of ether oxygens (including phenoxy) is 1. The van der Waals surface area contributed by atoms with Crippen molar-refractivity contribution in [3.05, 3.63) is 0 Å². The average Bonchev–Trinajstić information content (AvgIpc) is 0.822. The summed E-state index contributed by atoms with van der Waals surface area (Å²) in [5.74, 6) is -11.5. The number of nitrogens with one attached hydrogen (secondary N) is 4. The molecule has 2 saturated heterocycles. The number of carbonyl (C=O) groups is 11. The smallest absolute Gasteiger partial charge is 0.329 e. The van der Waals surface area contributed by atoms with Crippen molar-refractivity contribution < 1.29 is 67.7 Å². The monoisotopic (exact) mass is 1320 g/mol. The van der Waals surface area contributed by atoms with Crippen LogP contribution in [0.15, 0.2) is 0 Å². The highest BCUT2D eigenvalue weighted by molar-refractivity contribution is 5.99. The summed E-state index contributed by atoms with van der Waals surface area (Å²) in [5.41, 5.74) is 0. The van der Waals surface area contributed by atoms with Gasteiger partial charge in [0, 0.05) is 68.5 Å². The molecule has 0 aromatic heterocycles. The third-order valence-electron chi connectivity index (χ3n) is 17.8. The summed E-state index contributed by atoms with van der Waals surface area (Å²) in [6.45, 7) is 32.7. The largest absolute Gasteiger partial charge is 0.450 e. The van der Waals surface area contributed by atoms with Crippen LogP contribution in [0, 0.1) is 47.3 Å².